The molecule has 5 heteroatoms. The van der Waals surface area contributed by atoms with E-state index < -0.39 is 0 Å². The van der Waals surface area contributed by atoms with Gasteiger partial charge in [0.15, 0.2) is 0 Å². The van der Waals surface area contributed by atoms with Crippen LogP contribution in [0.5, 0.6) is 0 Å². The first kappa shape index (κ1) is 13.0. The van der Waals surface area contributed by atoms with Gasteiger partial charge in [0.2, 0.25) is 0 Å². The lowest BCUT2D eigenvalue weighted by atomic mass is 10.1. The number of pyridine rings is 1. The normalized spacial score (nSPS) is 10.1. The molecule has 19 heavy (non-hydrogen) atoms. The van der Waals surface area contributed by atoms with Crippen LogP contribution in [-0.4, -0.2) is 10.9 Å². The number of anilines is 2. The predicted octanol–water partition coefficient (Wildman–Crippen LogP) is 2.24. The SMILES string of the molecule is Cc1cccc(NC(=O)c2ccc(NN)cc2C)n1. The van der Waals surface area contributed by atoms with E-state index in [0.717, 1.165) is 16.9 Å². The van der Waals surface area contributed by atoms with Gasteiger partial charge in [0.05, 0.1) is 0 Å². The molecule has 0 aliphatic heterocycles. The molecule has 0 radical (unpaired) electrons. The third-order valence-electron chi connectivity index (χ3n) is 2.77. The van der Waals surface area contributed by atoms with Gasteiger partial charge in [-0.15, -0.1) is 0 Å². The number of rotatable bonds is 3. The minimum Gasteiger partial charge on any atom is -0.324 e. The van der Waals surface area contributed by atoms with Crippen molar-refractivity contribution in [3.63, 3.8) is 0 Å². The van der Waals surface area contributed by atoms with E-state index in [2.05, 4.69) is 15.7 Å². The van der Waals surface area contributed by atoms with Crippen LogP contribution in [0.15, 0.2) is 36.4 Å². The molecule has 1 aromatic carbocycles. The summed E-state index contributed by atoms with van der Waals surface area (Å²) in [5.41, 5.74) is 5.62. The average Bonchev–Trinajstić information content (AvgIpc) is 2.38. The Hall–Kier alpha value is -2.40. The number of amides is 1. The highest BCUT2D eigenvalue weighted by Gasteiger charge is 2.10. The summed E-state index contributed by atoms with van der Waals surface area (Å²) < 4.78 is 0. The Balaban J connectivity index is 2.20. The maximum Gasteiger partial charge on any atom is 0.257 e. The Bertz CT molecular complexity index is 610. The molecule has 2 rings (SSSR count). The van der Waals surface area contributed by atoms with Crippen molar-refractivity contribution < 1.29 is 4.79 Å². The fourth-order valence-electron chi connectivity index (χ4n) is 1.80. The van der Waals surface area contributed by atoms with Crippen LogP contribution in [0.25, 0.3) is 0 Å². The average molecular weight is 256 g/mol. The molecule has 2 aromatic rings. The van der Waals surface area contributed by atoms with Crippen molar-refractivity contribution in [2.45, 2.75) is 13.8 Å². The van der Waals surface area contributed by atoms with Crippen LogP contribution in [0, 0.1) is 13.8 Å². The number of aryl methyl sites for hydroxylation is 2. The van der Waals surface area contributed by atoms with Crippen LogP contribution in [0.2, 0.25) is 0 Å². The molecule has 0 aliphatic rings. The molecule has 0 aliphatic carbocycles. The lowest BCUT2D eigenvalue weighted by Gasteiger charge is -2.09. The molecule has 98 valence electrons. The minimum atomic E-state index is -0.181. The van der Waals surface area contributed by atoms with E-state index in [9.17, 15) is 4.79 Å². The molecule has 0 unspecified atom stereocenters. The molecule has 1 aromatic heterocycles. The van der Waals surface area contributed by atoms with Gasteiger partial charge in [0.1, 0.15) is 5.82 Å². The van der Waals surface area contributed by atoms with Crippen LogP contribution in [0.1, 0.15) is 21.6 Å². The fourth-order valence-corrected chi connectivity index (χ4v) is 1.80. The quantitative estimate of drug-likeness (QED) is 0.581. The van der Waals surface area contributed by atoms with Crippen molar-refractivity contribution in [3.05, 3.63) is 53.2 Å². The summed E-state index contributed by atoms with van der Waals surface area (Å²) in [5.74, 6) is 5.69. The molecule has 5 nitrogen and oxygen atoms in total. The van der Waals surface area contributed by atoms with Crippen LogP contribution in [-0.2, 0) is 0 Å². The topological polar surface area (TPSA) is 80.0 Å². The number of benzene rings is 1. The number of carbonyl (C=O) groups excluding carboxylic acids is 1. The summed E-state index contributed by atoms with van der Waals surface area (Å²) in [7, 11) is 0. The Labute approximate surface area is 111 Å². The second-order valence-electron chi connectivity index (χ2n) is 4.29. The van der Waals surface area contributed by atoms with E-state index in [1.807, 2.05) is 32.0 Å². The molecule has 0 spiro atoms. The van der Waals surface area contributed by atoms with Crippen molar-refractivity contribution in [2.75, 3.05) is 10.7 Å². The summed E-state index contributed by atoms with van der Waals surface area (Å²) in [6, 6.07) is 10.8. The molecule has 0 saturated heterocycles. The van der Waals surface area contributed by atoms with Crippen molar-refractivity contribution in [1.29, 1.82) is 0 Å². The minimum absolute atomic E-state index is 0.181. The predicted molar refractivity (Wildman–Crippen MR) is 75.9 cm³/mol. The van der Waals surface area contributed by atoms with E-state index >= 15 is 0 Å². The molecule has 4 N–H and O–H groups in total. The molecule has 0 bridgehead atoms. The van der Waals surface area contributed by atoms with Crippen molar-refractivity contribution in [1.82, 2.24) is 4.98 Å². The van der Waals surface area contributed by atoms with E-state index in [1.165, 1.54) is 0 Å². The van der Waals surface area contributed by atoms with Gasteiger partial charge in [-0.3, -0.25) is 10.6 Å². The van der Waals surface area contributed by atoms with Gasteiger partial charge in [-0.2, -0.15) is 0 Å². The van der Waals surface area contributed by atoms with Gasteiger partial charge < -0.3 is 10.7 Å². The molecule has 1 heterocycles. The first-order valence-electron chi connectivity index (χ1n) is 5.92. The van der Waals surface area contributed by atoms with Gasteiger partial charge in [0, 0.05) is 16.9 Å². The lowest BCUT2D eigenvalue weighted by molar-refractivity contribution is 0.102. The van der Waals surface area contributed by atoms with Gasteiger partial charge in [-0.1, -0.05) is 6.07 Å². The number of carbonyl (C=O) groups is 1. The van der Waals surface area contributed by atoms with Crippen molar-refractivity contribution in [3.8, 4) is 0 Å². The van der Waals surface area contributed by atoms with Gasteiger partial charge in [-0.05, 0) is 49.7 Å². The summed E-state index contributed by atoms with van der Waals surface area (Å²) in [4.78, 5) is 16.4. The summed E-state index contributed by atoms with van der Waals surface area (Å²) in [6.45, 7) is 3.74. The number of hydrogen-bond acceptors (Lipinski definition) is 4. The summed E-state index contributed by atoms with van der Waals surface area (Å²) >= 11 is 0. The standard InChI is InChI=1S/C14H16N4O/c1-9-8-11(18-15)6-7-12(9)14(19)17-13-5-3-4-10(2)16-13/h3-8,18H,15H2,1-2H3,(H,16,17,19). The zero-order chi connectivity index (χ0) is 13.8. The number of hydrazine groups is 1. The smallest absolute Gasteiger partial charge is 0.257 e. The van der Waals surface area contributed by atoms with Crippen molar-refractivity contribution in [2.24, 2.45) is 5.84 Å². The van der Waals surface area contributed by atoms with Crippen LogP contribution >= 0.6 is 0 Å². The molecular formula is C14H16N4O. The first-order valence-corrected chi connectivity index (χ1v) is 5.92. The third kappa shape index (κ3) is 3.08. The zero-order valence-electron chi connectivity index (χ0n) is 10.9. The molecule has 1 amide bonds. The number of hydrogen-bond donors (Lipinski definition) is 3. The molecule has 0 saturated carbocycles. The van der Waals surface area contributed by atoms with E-state index in [1.54, 1.807) is 18.2 Å². The van der Waals surface area contributed by atoms with Crippen LogP contribution in [0.3, 0.4) is 0 Å². The Morgan fingerprint density at radius 2 is 2.00 bits per heavy atom. The van der Waals surface area contributed by atoms with Crippen LogP contribution < -0.4 is 16.6 Å². The van der Waals surface area contributed by atoms with E-state index in [0.29, 0.717) is 11.4 Å². The maximum absolute atomic E-state index is 12.1. The number of nitrogens with zero attached hydrogens (tertiary/aromatic N) is 1. The monoisotopic (exact) mass is 256 g/mol. The third-order valence-corrected chi connectivity index (χ3v) is 2.77. The van der Waals surface area contributed by atoms with Gasteiger partial charge >= 0.3 is 0 Å². The van der Waals surface area contributed by atoms with Crippen molar-refractivity contribution >= 4 is 17.4 Å². The first-order chi connectivity index (χ1) is 9.10. The Morgan fingerprint density at radius 3 is 2.63 bits per heavy atom. The highest BCUT2D eigenvalue weighted by atomic mass is 16.1. The lowest BCUT2D eigenvalue weighted by Crippen LogP contribution is -2.15. The number of nitrogens with two attached hydrogens (primary N) is 1. The zero-order valence-corrected chi connectivity index (χ0v) is 10.9. The largest absolute Gasteiger partial charge is 0.324 e. The van der Waals surface area contributed by atoms with E-state index in [4.69, 9.17) is 5.84 Å². The fraction of sp³-hybridized carbons (Fsp3) is 0.143. The van der Waals surface area contributed by atoms with Gasteiger partial charge in [-0.25, -0.2) is 4.98 Å². The van der Waals surface area contributed by atoms with Gasteiger partial charge in [0.25, 0.3) is 5.91 Å². The molecule has 0 fully saturated rings. The Kier molecular flexibility index (Phi) is 3.77. The summed E-state index contributed by atoms with van der Waals surface area (Å²) in [6.07, 6.45) is 0. The Morgan fingerprint density at radius 1 is 1.21 bits per heavy atom. The molecular weight excluding hydrogens is 240 g/mol. The number of aromatic nitrogens is 1. The second-order valence-corrected chi connectivity index (χ2v) is 4.29. The second kappa shape index (κ2) is 5.49. The highest BCUT2D eigenvalue weighted by Crippen LogP contribution is 2.16. The maximum atomic E-state index is 12.1. The number of nitrogen functional groups attached to an aromatic ring is 1. The number of nitrogens with one attached hydrogen (secondary N) is 2. The van der Waals surface area contributed by atoms with Crippen LogP contribution in [0.4, 0.5) is 11.5 Å². The summed E-state index contributed by atoms with van der Waals surface area (Å²) in [5, 5.41) is 2.78. The molecule has 0 atom stereocenters. The van der Waals surface area contributed by atoms with E-state index in [-0.39, 0.29) is 5.91 Å². The highest BCUT2D eigenvalue weighted by molar-refractivity contribution is 6.05.